The van der Waals surface area contributed by atoms with Crippen LogP contribution in [0.5, 0.6) is 0 Å². The molecule has 0 unspecified atom stereocenters. The van der Waals surface area contributed by atoms with E-state index in [0.717, 1.165) is 0 Å². The fourth-order valence-corrected chi connectivity index (χ4v) is 1.14. The number of amides is 3. The standard InChI is InChI=1S/C12H16N2O2/c1-12(2,3)14-11(16)13-10(15)9-7-5-4-6-8-9/h4-8H,1-3H3,(H2,13,14,15,16). The highest BCUT2D eigenvalue weighted by molar-refractivity contribution is 6.04. The molecule has 3 amide bonds. The molecule has 1 aromatic carbocycles. The highest BCUT2D eigenvalue weighted by Gasteiger charge is 2.16. The Morgan fingerprint density at radius 3 is 2.12 bits per heavy atom. The van der Waals surface area contributed by atoms with Gasteiger partial charge in [0.25, 0.3) is 5.91 Å². The summed E-state index contributed by atoms with van der Waals surface area (Å²) in [5.74, 6) is -0.401. The van der Waals surface area contributed by atoms with E-state index in [2.05, 4.69) is 10.6 Å². The lowest BCUT2D eigenvalue weighted by Gasteiger charge is -2.20. The molecule has 1 rings (SSSR count). The van der Waals surface area contributed by atoms with E-state index in [4.69, 9.17) is 0 Å². The lowest BCUT2D eigenvalue weighted by Crippen LogP contribution is -2.48. The van der Waals surface area contributed by atoms with Gasteiger partial charge in [0.15, 0.2) is 0 Å². The molecule has 1 aromatic rings. The molecule has 86 valence electrons. The van der Waals surface area contributed by atoms with Gasteiger partial charge >= 0.3 is 6.03 Å². The van der Waals surface area contributed by atoms with E-state index in [0.29, 0.717) is 5.56 Å². The minimum Gasteiger partial charge on any atom is -0.333 e. The van der Waals surface area contributed by atoms with Crippen molar-refractivity contribution in [3.05, 3.63) is 35.9 Å². The second kappa shape index (κ2) is 4.79. The topological polar surface area (TPSA) is 58.2 Å². The predicted molar refractivity (Wildman–Crippen MR) is 62.2 cm³/mol. The Balaban J connectivity index is 2.56. The Bertz CT molecular complexity index is 380. The maximum atomic E-state index is 11.6. The van der Waals surface area contributed by atoms with Crippen molar-refractivity contribution in [2.75, 3.05) is 0 Å². The summed E-state index contributed by atoms with van der Waals surface area (Å²) in [6.07, 6.45) is 0. The summed E-state index contributed by atoms with van der Waals surface area (Å²) >= 11 is 0. The summed E-state index contributed by atoms with van der Waals surface area (Å²) < 4.78 is 0. The Kier molecular flexibility index (Phi) is 3.66. The summed E-state index contributed by atoms with van der Waals surface area (Å²) in [7, 11) is 0. The van der Waals surface area contributed by atoms with E-state index in [-0.39, 0.29) is 5.54 Å². The van der Waals surface area contributed by atoms with Crippen molar-refractivity contribution in [3.8, 4) is 0 Å². The van der Waals surface area contributed by atoms with E-state index in [9.17, 15) is 9.59 Å². The van der Waals surface area contributed by atoms with Crippen molar-refractivity contribution >= 4 is 11.9 Å². The third kappa shape index (κ3) is 4.13. The molecular formula is C12H16N2O2. The first-order chi connectivity index (χ1) is 7.38. The van der Waals surface area contributed by atoms with Crippen LogP contribution < -0.4 is 10.6 Å². The van der Waals surface area contributed by atoms with E-state index in [1.165, 1.54) is 0 Å². The number of rotatable bonds is 1. The molecule has 2 N–H and O–H groups in total. The molecule has 0 aliphatic heterocycles. The first-order valence-corrected chi connectivity index (χ1v) is 5.07. The molecule has 16 heavy (non-hydrogen) atoms. The summed E-state index contributed by atoms with van der Waals surface area (Å²) in [5, 5.41) is 4.91. The van der Waals surface area contributed by atoms with Gasteiger partial charge in [-0.05, 0) is 32.9 Å². The molecule has 0 saturated heterocycles. The Morgan fingerprint density at radius 2 is 1.62 bits per heavy atom. The third-order valence-corrected chi connectivity index (χ3v) is 1.75. The Hall–Kier alpha value is -1.84. The zero-order valence-corrected chi connectivity index (χ0v) is 9.70. The maximum Gasteiger partial charge on any atom is 0.322 e. The van der Waals surface area contributed by atoms with Gasteiger partial charge in [-0.3, -0.25) is 10.1 Å². The second-order valence-corrected chi connectivity index (χ2v) is 4.52. The van der Waals surface area contributed by atoms with E-state index < -0.39 is 11.9 Å². The normalized spacial score (nSPS) is 10.7. The number of hydrogen-bond acceptors (Lipinski definition) is 2. The van der Waals surface area contributed by atoms with Gasteiger partial charge in [0.2, 0.25) is 0 Å². The van der Waals surface area contributed by atoms with Crippen molar-refractivity contribution in [2.24, 2.45) is 0 Å². The number of carbonyl (C=O) groups is 2. The zero-order chi connectivity index (χ0) is 12.2. The van der Waals surface area contributed by atoms with Gasteiger partial charge in [-0.15, -0.1) is 0 Å². The molecule has 0 aliphatic carbocycles. The SMILES string of the molecule is CC(C)(C)NC(=O)NC(=O)c1ccccc1. The number of nitrogens with one attached hydrogen (secondary N) is 2. The third-order valence-electron chi connectivity index (χ3n) is 1.75. The highest BCUT2D eigenvalue weighted by atomic mass is 16.2. The smallest absolute Gasteiger partial charge is 0.322 e. The van der Waals surface area contributed by atoms with Gasteiger partial charge in [0.05, 0.1) is 0 Å². The van der Waals surface area contributed by atoms with Gasteiger partial charge in [-0.2, -0.15) is 0 Å². The van der Waals surface area contributed by atoms with Crippen molar-refractivity contribution in [1.82, 2.24) is 10.6 Å². The minimum absolute atomic E-state index is 0.360. The molecule has 0 radical (unpaired) electrons. The second-order valence-electron chi connectivity index (χ2n) is 4.52. The molecule has 0 aliphatic rings. The fourth-order valence-electron chi connectivity index (χ4n) is 1.14. The Morgan fingerprint density at radius 1 is 1.06 bits per heavy atom. The van der Waals surface area contributed by atoms with Gasteiger partial charge in [0.1, 0.15) is 0 Å². The minimum atomic E-state index is -0.485. The largest absolute Gasteiger partial charge is 0.333 e. The van der Waals surface area contributed by atoms with Crippen LogP contribution in [0.25, 0.3) is 0 Å². The molecule has 0 atom stereocenters. The maximum absolute atomic E-state index is 11.6. The van der Waals surface area contributed by atoms with Crippen LogP contribution in [0.4, 0.5) is 4.79 Å². The van der Waals surface area contributed by atoms with Crippen LogP contribution in [0.15, 0.2) is 30.3 Å². The van der Waals surface area contributed by atoms with Crippen molar-refractivity contribution < 1.29 is 9.59 Å². The molecule has 4 nitrogen and oxygen atoms in total. The molecular weight excluding hydrogens is 204 g/mol. The van der Waals surface area contributed by atoms with Crippen molar-refractivity contribution in [3.63, 3.8) is 0 Å². The number of imide groups is 1. The molecule has 4 heteroatoms. The van der Waals surface area contributed by atoms with Crippen molar-refractivity contribution in [1.29, 1.82) is 0 Å². The van der Waals surface area contributed by atoms with Crippen LogP contribution in [-0.2, 0) is 0 Å². The van der Waals surface area contributed by atoms with E-state index in [1.54, 1.807) is 24.3 Å². The van der Waals surface area contributed by atoms with Crippen LogP contribution >= 0.6 is 0 Å². The number of carbonyl (C=O) groups excluding carboxylic acids is 2. The Labute approximate surface area is 95.0 Å². The van der Waals surface area contributed by atoms with Gasteiger partial charge in [0, 0.05) is 11.1 Å². The predicted octanol–water partition coefficient (Wildman–Crippen LogP) is 1.92. The first kappa shape index (κ1) is 12.2. The lowest BCUT2D eigenvalue weighted by molar-refractivity contribution is 0.0962. The molecule has 0 fully saturated rings. The quantitative estimate of drug-likeness (QED) is 0.759. The zero-order valence-electron chi connectivity index (χ0n) is 9.70. The molecule has 0 aromatic heterocycles. The number of benzene rings is 1. The molecule has 0 spiro atoms. The van der Waals surface area contributed by atoms with E-state index in [1.807, 2.05) is 26.8 Å². The average Bonchev–Trinajstić information content (AvgIpc) is 2.16. The van der Waals surface area contributed by atoms with Crippen molar-refractivity contribution in [2.45, 2.75) is 26.3 Å². The van der Waals surface area contributed by atoms with Crippen LogP contribution in [0.2, 0.25) is 0 Å². The molecule has 0 saturated carbocycles. The average molecular weight is 220 g/mol. The van der Waals surface area contributed by atoms with Crippen LogP contribution in [0.3, 0.4) is 0 Å². The summed E-state index contributed by atoms with van der Waals surface area (Å²) in [6, 6.07) is 8.12. The summed E-state index contributed by atoms with van der Waals surface area (Å²) in [4.78, 5) is 23.0. The number of urea groups is 1. The van der Waals surface area contributed by atoms with Gasteiger partial charge in [-0.25, -0.2) is 4.79 Å². The summed E-state index contributed by atoms with van der Waals surface area (Å²) in [6.45, 7) is 5.54. The van der Waals surface area contributed by atoms with Crippen LogP contribution in [0.1, 0.15) is 31.1 Å². The van der Waals surface area contributed by atoms with Gasteiger partial charge in [-0.1, -0.05) is 18.2 Å². The fraction of sp³-hybridized carbons (Fsp3) is 0.333. The van der Waals surface area contributed by atoms with E-state index >= 15 is 0 Å². The molecule has 0 heterocycles. The van der Waals surface area contributed by atoms with Crippen LogP contribution in [-0.4, -0.2) is 17.5 Å². The van der Waals surface area contributed by atoms with Crippen LogP contribution in [0, 0.1) is 0 Å². The first-order valence-electron chi connectivity index (χ1n) is 5.07. The highest BCUT2D eigenvalue weighted by Crippen LogP contribution is 2.00. The lowest BCUT2D eigenvalue weighted by atomic mass is 10.1. The summed E-state index contributed by atoms with van der Waals surface area (Å²) in [5.41, 5.74) is 0.104. The van der Waals surface area contributed by atoms with Gasteiger partial charge < -0.3 is 5.32 Å². The molecule has 0 bridgehead atoms. The monoisotopic (exact) mass is 220 g/mol. The number of hydrogen-bond donors (Lipinski definition) is 2.